The van der Waals surface area contributed by atoms with E-state index in [2.05, 4.69) is 10.3 Å². The third-order valence-corrected chi connectivity index (χ3v) is 3.80. The molecule has 0 aliphatic rings. The normalized spacial score (nSPS) is 10.6. The number of nitrogens with one attached hydrogen (secondary N) is 1. The Labute approximate surface area is 143 Å². The van der Waals surface area contributed by atoms with Crippen LogP contribution in [0.1, 0.15) is 15.9 Å². The van der Waals surface area contributed by atoms with E-state index in [1.54, 1.807) is 12.4 Å². The maximum Gasteiger partial charge on any atom is 0.322 e. The molecule has 2 aromatic carbocycles. The van der Waals surface area contributed by atoms with Gasteiger partial charge in [-0.25, -0.2) is 4.98 Å². The molecule has 0 aliphatic carbocycles. The average molecular weight is 339 g/mol. The number of fused-ring (bicyclic) bond motifs is 1. The molecule has 2 N–H and O–H groups in total. The molecule has 0 atom stereocenters. The highest BCUT2D eigenvalue weighted by atomic mass is 16.5. The molecular weight excluding hydrogens is 322 g/mol. The van der Waals surface area contributed by atoms with E-state index in [-0.39, 0.29) is 5.56 Å². The SMILES string of the molecule is COc1ccc2c(ncn2Cc2ccccc2)c1C(=O)NCC(=O)O. The van der Waals surface area contributed by atoms with Crippen LogP contribution in [-0.4, -0.2) is 40.2 Å². The number of carbonyl (C=O) groups is 2. The van der Waals surface area contributed by atoms with E-state index < -0.39 is 18.4 Å². The van der Waals surface area contributed by atoms with Gasteiger partial charge < -0.3 is 19.7 Å². The Kier molecular flexibility index (Phi) is 4.65. The fourth-order valence-electron chi connectivity index (χ4n) is 2.65. The molecule has 7 nitrogen and oxygen atoms in total. The van der Waals surface area contributed by atoms with Crippen LogP contribution in [0.15, 0.2) is 48.8 Å². The number of methoxy groups -OCH3 is 1. The third-order valence-electron chi connectivity index (χ3n) is 3.80. The lowest BCUT2D eigenvalue weighted by atomic mass is 10.1. The van der Waals surface area contributed by atoms with Crippen LogP contribution in [0.5, 0.6) is 5.75 Å². The Morgan fingerprint density at radius 1 is 1.20 bits per heavy atom. The summed E-state index contributed by atoms with van der Waals surface area (Å²) in [6.07, 6.45) is 1.66. The maximum absolute atomic E-state index is 12.4. The molecule has 3 aromatic rings. The van der Waals surface area contributed by atoms with Crippen molar-refractivity contribution in [2.45, 2.75) is 6.54 Å². The Bertz CT molecular complexity index is 919. The highest BCUT2D eigenvalue weighted by molar-refractivity contribution is 6.08. The number of imidazole rings is 1. The molecule has 1 heterocycles. The Morgan fingerprint density at radius 3 is 2.64 bits per heavy atom. The van der Waals surface area contributed by atoms with Crippen LogP contribution in [0.4, 0.5) is 0 Å². The fraction of sp³-hybridized carbons (Fsp3) is 0.167. The van der Waals surface area contributed by atoms with Crippen molar-refractivity contribution in [2.75, 3.05) is 13.7 Å². The van der Waals surface area contributed by atoms with E-state index in [4.69, 9.17) is 9.84 Å². The summed E-state index contributed by atoms with van der Waals surface area (Å²) in [5.41, 5.74) is 2.57. The van der Waals surface area contributed by atoms with Crippen molar-refractivity contribution in [3.05, 3.63) is 59.9 Å². The number of hydrogen-bond acceptors (Lipinski definition) is 4. The van der Waals surface area contributed by atoms with Crippen LogP contribution >= 0.6 is 0 Å². The second kappa shape index (κ2) is 7.04. The molecule has 3 rings (SSSR count). The second-order valence-corrected chi connectivity index (χ2v) is 5.45. The van der Waals surface area contributed by atoms with E-state index >= 15 is 0 Å². The minimum absolute atomic E-state index is 0.230. The van der Waals surface area contributed by atoms with Crippen LogP contribution in [0.25, 0.3) is 11.0 Å². The lowest BCUT2D eigenvalue weighted by Gasteiger charge is -2.10. The second-order valence-electron chi connectivity index (χ2n) is 5.45. The number of hydrogen-bond donors (Lipinski definition) is 2. The van der Waals surface area contributed by atoms with Gasteiger partial charge in [0, 0.05) is 6.54 Å². The zero-order valence-corrected chi connectivity index (χ0v) is 13.6. The number of amides is 1. The topological polar surface area (TPSA) is 93.5 Å². The zero-order valence-electron chi connectivity index (χ0n) is 13.6. The molecule has 0 spiro atoms. The summed E-state index contributed by atoms with van der Waals surface area (Å²) in [4.78, 5) is 27.4. The van der Waals surface area contributed by atoms with Gasteiger partial charge in [-0.1, -0.05) is 30.3 Å². The van der Waals surface area contributed by atoms with E-state index in [9.17, 15) is 9.59 Å². The summed E-state index contributed by atoms with van der Waals surface area (Å²) >= 11 is 0. The number of aromatic nitrogens is 2. The van der Waals surface area contributed by atoms with Gasteiger partial charge in [0.05, 0.1) is 19.0 Å². The van der Waals surface area contributed by atoms with Crippen molar-refractivity contribution in [1.82, 2.24) is 14.9 Å². The first-order valence-corrected chi connectivity index (χ1v) is 7.66. The maximum atomic E-state index is 12.4. The van der Waals surface area contributed by atoms with E-state index in [1.165, 1.54) is 7.11 Å². The molecule has 0 unspecified atom stereocenters. The van der Waals surface area contributed by atoms with Crippen LogP contribution in [0.3, 0.4) is 0 Å². The first-order chi connectivity index (χ1) is 12.1. The molecule has 0 bridgehead atoms. The molecule has 128 valence electrons. The van der Waals surface area contributed by atoms with E-state index in [1.807, 2.05) is 41.0 Å². The average Bonchev–Trinajstić information content (AvgIpc) is 3.02. The molecule has 0 fully saturated rings. The Hall–Kier alpha value is -3.35. The summed E-state index contributed by atoms with van der Waals surface area (Å²) in [5, 5.41) is 11.1. The lowest BCUT2D eigenvalue weighted by molar-refractivity contribution is -0.135. The lowest BCUT2D eigenvalue weighted by Crippen LogP contribution is -2.29. The van der Waals surface area contributed by atoms with Gasteiger partial charge in [0.1, 0.15) is 23.4 Å². The minimum atomic E-state index is -1.12. The molecular formula is C18H17N3O4. The molecule has 0 saturated heterocycles. The van der Waals surface area contributed by atoms with Crippen molar-refractivity contribution in [3.63, 3.8) is 0 Å². The van der Waals surface area contributed by atoms with Gasteiger partial charge in [0.2, 0.25) is 0 Å². The van der Waals surface area contributed by atoms with E-state index in [0.29, 0.717) is 17.8 Å². The number of nitrogens with zero attached hydrogens (tertiary/aromatic N) is 2. The molecule has 25 heavy (non-hydrogen) atoms. The summed E-state index contributed by atoms with van der Waals surface area (Å²) in [7, 11) is 1.45. The van der Waals surface area contributed by atoms with Gasteiger partial charge >= 0.3 is 5.97 Å². The van der Waals surface area contributed by atoms with Gasteiger partial charge in [0.15, 0.2) is 0 Å². The predicted molar refractivity (Wildman–Crippen MR) is 91.8 cm³/mol. The molecule has 0 aliphatic heterocycles. The Morgan fingerprint density at radius 2 is 1.96 bits per heavy atom. The number of rotatable bonds is 6. The quantitative estimate of drug-likeness (QED) is 0.715. The number of carboxylic acid groups (broad SMARTS) is 1. The number of carboxylic acids is 1. The predicted octanol–water partition coefficient (Wildman–Crippen LogP) is 1.91. The molecule has 0 saturated carbocycles. The molecule has 1 aromatic heterocycles. The van der Waals surface area contributed by atoms with Gasteiger partial charge in [-0.05, 0) is 17.7 Å². The first-order valence-electron chi connectivity index (χ1n) is 7.66. The van der Waals surface area contributed by atoms with Crippen molar-refractivity contribution in [1.29, 1.82) is 0 Å². The van der Waals surface area contributed by atoms with Crippen molar-refractivity contribution in [3.8, 4) is 5.75 Å². The largest absolute Gasteiger partial charge is 0.496 e. The molecule has 1 amide bonds. The zero-order chi connectivity index (χ0) is 17.8. The summed E-state index contributed by atoms with van der Waals surface area (Å²) in [5.74, 6) is -1.30. The van der Waals surface area contributed by atoms with Crippen molar-refractivity contribution >= 4 is 22.9 Å². The van der Waals surface area contributed by atoms with Gasteiger partial charge in [-0.2, -0.15) is 0 Å². The highest BCUT2D eigenvalue weighted by Crippen LogP contribution is 2.27. The smallest absolute Gasteiger partial charge is 0.322 e. The minimum Gasteiger partial charge on any atom is -0.496 e. The summed E-state index contributed by atoms with van der Waals surface area (Å²) in [6.45, 7) is 0.142. The van der Waals surface area contributed by atoms with E-state index in [0.717, 1.165) is 11.1 Å². The molecule has 7 heteroatoms. The van der Waals surface area contributed by atoms with Crippen molar-refractivity contribution in [2.24, 2.45) is 0 Å². The standard InChI is InChI=1S/C18H17N3O4/c1-25-14-8-7-13-17(16(14)18(24)19-9-15(22)23)20-11-21(13)10-12-5-3-2-4-6-12/h2-8,11H,9-10H2,1H3,(H,19,24)(H,22,23). The van der Waals surface area contributed by atoms with Crippen LogP contribution in [0, 0.1) is 0 Å². The number of carbonyl (C=O) groups excluding carboxylic acids is 1. The fourth-order valence-corrected chi connectivity index (χ4v) is 2.65. The van der Waals surface area contributed by atoms with Crippen LogP contribution in [-0.2, 0) is 11.3 Å². The van der Waals surface area contributed by atoms with Gasteiger partial charge in [0.25, 0.3) is 5.91 Å². The number of benzene rings is 2. The monoisotopic (exact) mass is 339 g/mol. The number of ether oxygens (including phenoxy) is 1. The van der Waals surface area contributed by atoms with Crippen LogP contribution < -0.4 is 10.1 Å². The van der Waals surface area contributed by atoms with Crippen molar-refractivity contribution < 1.29 is 19.4 Å². The third kappa shape index (κ3) is 3.45. The van der Waals surface area contributed by atoms with Gasteiger partial charge in [-0.15, -0.1) is 0 Å². The van der Waals surface area contributed by atoms with Crippen LogP contribution in [0.2, 0.25) is 0 Å². The summed E-state index contributed by atoms with van der Waals surface area (Å²) in [6, 6.07) is 13.4. The first kappa shape index (κ1) is 16.5. The Balaban J connectivity index is 2.01. The van der Waals surface area contributed by atoms with Gasteiger partial charge in [-0.3, -0.25) is 9.59 Å². The summed E-state index contributed by atoms with van der Waals surface area (Å²) < 4.78 is 7.18. The highest BCUT2D eigenvalue weighted by Gasteiger charge is 2.20. The molecule has 0 radical (unpaired) electrons. The number of aliphatic carboxylic acids is 1.